The van der Waals surface area contributed by atoms with Crippen LogP contribution in [-0.4, -0.2) is 41.8 Å². The molecule has 100 valence electrons. The summed E-state index contributed by atoms with van der Waals surface area (Å²) >= 11 is 0. The van der Waals surface area contributed by atoms with E-state index in [0.717, 1.165) is 25.9 Å². The van der Waals surface area contributed by atoms with Crippen LogP contribution in [0.2, 0.25) is 0 Å². The summed E-state index contributed by atoms with van der Waals surface area (Å²) in [6.07, 6.45) is 1.94. The Morgan fingerprint density at radius 2 is 2.18 bits per heavy atom. The molecule has 0 saturated carbocycles. The first-order valence-corrected chi connectivity index (χ1v) is 6.55. The predicted octanol–water partition coefficient (Wildman–Crippen LogP) is 2.38. The summed E-state index contributed by atoms with van der Waals surface area (Å²) in [5, 5.41) is 3.53. The maximum Gasteiger partial charge on any atom is 0.410 e. The van der Waals surface area contributed by atoms with Crippen molar-refractivity contribution >= 4 is 6.09 Å². The van der Waals surface area contributed by atoms with Crippen LogP contribution in [-0.2, 0) is 4.74 Å². The van der Waals surface area contributed by atoms with E-state index in [4.69, 9.17) is 4.74 Å². The van der Waals surface area contributed by atoms with Gasteiger partial charge < -0.3 is 15.0 Å². The Kier molecular flexibility index (Phi) is 4.80. The molecule has 4 nitrogen and oxygen atoms in total. The van der Waals surface area contributed by atoms with E-state index < -0.39 is 5.60 Å². The second-order valence-electron chi connectivity index (χ2n) is 5.89. The molecule has 0 aromatic rings. The molecule has 0 radical (unpaired) electrons. The fraction of sp³-hybridized carbons (Fsp3) is 0.923. The van der Waals surface area contributed by atoms with Crippen molar-refractivity contribution in [1.82, 2.24) is 10.2 Å². The number of nitrogens with zero attached hydrogens (tertiary/aromatic N) is 1. The first-order valence-electron chi connectivity index (χ1n) is 6.55. The van der Waals surface area contributed by atoms with Gasteiger partial charge in [-0.2, -0.15) is 0 Å². The van der Waals surface area contributed by atoms with Crippen molar-refractivity contribution in [3.05, 3.63) is 0 Å². The molecule has 1 unspecified atom stereocenters. The number of hydrogen-bond acceptors (Lipinski definition) is 3. The lowest BCUT2D eigenvalue weighted by Crippen LogP contribution is -2.40. The summed E-state index contributed by atoms with van der Waals surface area (Å²) in [7, 11) is 0. The molecule has 1 aliphatic heterocycles. The number of carbonyl (C=O) groups excluding carboxylic acids is 1. The highest BCUT2D eigenvalue weighted by Gasteiger charge is 2.29. The molecule has 0 aromatic carbocycles. The van der Waals surface area contributed by atoms with Crippen LogP contribution >= 0.6 is 0 Å². The summed E-state index contributed by atoms with van der Waals surface area (Å²) in [6, 6.07) is 0.927. The highest BCUT2D eigenvalue weighted by atomic mass is 16.6. The number of carbonyl (C=O) groups is 1. The SMILES string of the molecule is CCC(C)N[C@H]1CCN(C(=O)OC(C)(C)C)C1. The highest BCUT2D eigenvalue weighted by molar-refractivity contribution is 5.68. The fourth-order valence-electron chi connectivity index (χ4n) is 1.91. The average Bonchev–Trinajstić information content (AvgIpc) is 2.63. The van der Waals surface area contributed by atoms with Gasteiger partial charge in [0.15, 0.2) is 0 Å². The van der Waals surface area contributed by atoms with Crippen molar-refractivity contribution in [2.75, 3.05) is 13.1 Å². The Labute approximate surface area is 105 Å². The second kappa shape index (κ2) is 5.71. The van der Waals surface area contributed by atoms with Crippen LogP contribution in [0.25, 0.3) is 0 Å². The summed E-state index contributed by atoms with van der Waals surface area (Å²) in [5.74, 6) is 0. The molecular weight excluding hydrogens is 216 g/mol. The molecule has 2 atom stereocenters. The third-order valence-electron chi connectivity index (χ3n) is 2.97. The first kappa shape index (κ1) is 14.3. The predicted molar refractivity (Wildman–Crippen MR) is 69.1 cm³/mol. The van der Waals surface area contributed by atoms with Crippen LogP contribution in [0.1, 0.15) is 47.5 Å². The Hall–Kier alpha value is -0.770. The van der Waals surface area contributed by atoms with Gasteiger partial charge in [0.1, 0.15) is 5.60 Å². The third kappa shape index (κ3) is 4.94. The van der Waals surface area contributed by atoms with Gasteiger partial charge in [0.05, 0.1) is 0 Å². The van der Waals surface area contributed by atoms with E-state index in [2.05, 4.69) is 19.2 Å². The molecule has 1 fully saturated rings. The number of amides is 1. The van der Waals surface area contributed by atoms with Gasteiger partial charge in [-0.05, 0) is 40.5 Å². The van der Waals surface area contributed by atoms with Gasteiger partial charge in [0.25, 0.3) is 0 Å². The minimum absolute atomic E-state index is 0.189. The van der Waals surface area contributed by atoms with E-state index >= 15 is 0 Å². The molecule has 0 bridgehead atoms. The second-order valence-corrected chi connectivity index (χ2v) is 5.89. The Morgan fingerprint density at radius 1 is 1.53 bits per heavy atom. The lowest BCUT2D eigenvalue weighted by atomic mass is 10.2. The lowest BCUT2D eigenvalue weighted by Gasteiger charge is -2.25. The van der Waals surface area contributed by atoms with Crippen molar-refractivity contribution in [3.8, 4) is 0 Å². The largest absolute Gasteiger partial charge is 0.444 e. The van der Waals surface area contributed by atoms with Gasteiger partial charge in [-0.15, -0.1) is 0 Å². The molecule has 1 aliphatic rings. The zero-order valence-electron chi connectivity index (χ0n) is 11.7. The first-order chi connectivity index (χ1) is 7.81. The maximum absolute atomic E-state index is 11.8. The smallest absolute Gasteiger partial charge is 0.410 e. The van der Waals surface area contributed by atoms with Crippen LogP contribution in [0.5, 0.6) is 0 Å². The Morgan fingerprint density at radius 3 is 2.71 bits per heavy atom. The molecule has 1 N–H and O–H groups in total. The quantitative estimate of drug-likeness (QED) is 0.826. The molecule has 4 heteroatoms. The molecule has 0 aliphatic carbocycles. The summed E-state index contributed by atoms with van der Waals surface area (Å²) in [5.41, 5.74) is -0.403. The van der Waals surface area contributed by atoms with Crippen LogP contribution in [0.3, 0.4) is 0 Å². The van der Waals surface area contributed by atoms with Gasteiger partial charge in [0, 0.05) is 25.2 Å². The zero-order chi connectivity index (χ0) is 13.1. The molecule has 1 heterocycles. The number of ether oxygens (including phenoxy) is 1. The molecule has 1 amide bonds. The minimum atomic E-state index is -0.403. The third-order valence-corrected chi connectivity index (χ3v) is 2.97. The normalized spacial score (nSPS) is 22.6. The summed E-state index contributed by atoms with van der Waals surface area (Å²) < 4.78 is 5.36. The fourth-order valence-corrected chi connectivity index (χ4v) is 1.91. The van der Waals surface area contributed by atoms with Crippen molar-refractivity contribution in [1.29, 1.82) is 0 Å². The molecule has 1 rings (SSSR count). The molecule has 0 aromatic heterocycles. The van der Waals surface area contributed by atoms with E-state index in [0.29, 0.717) is 12.1 Å². The zero-order valence-corrected chi connectivity index (χ0v) is 11.7. The summed E-state index contributed by atoms with van der Waals surface area (Å²) in [4.78, 5) is 13.6. The van der Waals surface area contributed by atoms with Gasteiger partial charge in [-0.25, -0.2) is 4.79 Å². The summed E-state index contributed by atoms with van der Waals surface area (Å²) in [6.45, 7) is 11.6. The minimum Gasteiger partial charge on any atom is -0.444 e. The maximum atomic E-state index is 11.8. The lowest BCUT2D eigenvalue weighted by molar-refractivity contribution is 0.0290. The van der Waals surface area contributed by atoms with Gasteiger partial charge >= 0.3 is 6.09 Å². The van der Waals surface area contributed by atoms with Gasteiger partial charge in [0.2, 0.25) is 0 Å². The van der Waals surface area contributed by atoms with Crippen molar-refractivity contribution in [2.24, 2.45) is 0 Å². The van der Waals surface area contributed by atoms with Crippen LogP contribution < -0.4 is 5.32 Å². The topological polar surface area (TPSA) is 41.6 Å². The standard InChI is InChI=1S/C13H26N2O2/c1-6-10(2)14-11-7-8-15(9-11)12(16)17-13(3,4)5/h10-11,14H,6-9H2,1-5H3/t10?,11-/m0/s1. The average molecular weight is 242 g/mol. The van der Waals surface area contributed by atoms with E-state index in [1.807, 2.05) is 20.8 Å². The van der Waals surface area contributed by atoms with E-state index in [9.17, 15) is 4.79 Å². The Bertz CT molecular complexity index is 261. The van der Waals surface area contributed by atoms with Crippen molar-refractivity contribution < 1.29 is 9.53 Å². The molecule has 17 heavy (non-hydrogen) atoms. The number of nitrogens with one attached hydrogen (secondary N) is 1. The van der Waals surface area contributed by atoms with E-state index in [1.165, 1.54) is 0 Å². The Balaban J connectivity index is 2.37. The van der Waals surface area contributed by atoms with Crippen molar-refractivity contribution in [3.63, 3.8) is 0 Å². The number of rotatable bonds is 3. The molecule has 0 spiro atoms. The van der Waals surface area contributed by atoms with Gasteiger partial charge in [-0.3, -0.25) is 0 Å². The molecule has 1 saturated heterocycles. The van der Waals surface area contributed by atoms with Gasteiger partial charge in [-0.1, -0.05) is 6.92 Å². The molecular formula is C13H26N2O2. The monoisotopic (exact) mass is 242 g/mol. The van der Waals surface area contributed by atoms with E-state index in [1.54, 1.807) is 4.90 Å². The number of hydrogen-bond donors (Lipinski definition) is 1. The highest BCUT2D eigenvalue weighted by Crippen LogP contribution is 2.15. The van der Waals surface area contributed by atoms with E-state index in [-0.39, 0.29) is 6.09 Å². The van der Waals surface area contributed by atoms with Crippen molar-refractivity contribution in [2.45, 2.75) is 65.1 Å². The number of likely N-dealkylation sites (tertiary alicyclic amines) is 1. The van der Waals surface area contributed by atoms with Crippen LogP contribution in [0.4, 0.5) is 4.79 Å². The van der Waals surface area contributed by atoms with Crippen LogP contribution in [0, 0.1) is 0 Å². The van der Waals surface area contributed by atoms with Crippen LogP contribution in [0.15, 0.2) is 0 Å².